The van der Waals surface area contributed by atoms with Crippen molar-refractivity contribution in [1.82, 2.24) is 4.90 Å². The Balaban J connectivity index is 1.97. The highest BCUT2D eigenvalue weighted by Crippen LogP contribution is 2.35. The van der Waals surface area contributed by atoms with E-state index in [0.29, 0.717) is 5.92 Å². The van der Waals surface area contributed by atoms with Crippen LogP contribution in [-0.4, -0.2) is 57.0 Å². The molecule has 2 rings (SSSR count). The van der Waals surface area contributed by atoms with Crippen molar-refractivity contribution in [2.75, 3.05) is 46.6 Å². The summed E-state index contributed by atoms with van der Waals surface area (Å²) < 4.78 is 10.9. The van der Waals surface area contributed by atoms with E-state index in [1.165, 1.54) is 12.8 Å². The first-order chi connectivity index (χ1) is 8.73. The number of hydrogen-bond donors (Lipinski definition) is 1. The summed E-state index contributed by atoms with van der Waals surface area (Å²) in [5.41, 5.74) is 6.31. The topological polar surface area (TPSA) is 47.7 Å². The second-order valence-corrected chi connectivity index (χ2v) is 5.92. The Morgan fingerprint density at radius 1 is 1.39 bits per heavy atom. The molecule has 18 heavy (non-hydrogen) atoms. The Morgan fingerprint density at radius 3 is 2.67 bits per heavy atom. The predicted octanol–water partition coefficient (Wildman–Crippen LogP) is 1.10. The quantitative estimate of drug-likeness (QED) is 0.818. The fourth-order valence-corrected chi connectivity index (χ4v) is 3.59. The molecule has 0 spiro atoms. The van der Waals surface area contributed by atoms with E-state index in [-0.39, 0.29) is 5.54 Å². The summed E-state index contributed by atoms with van der Waals surface area (Å²) >= 11 is 0. The minimum absolute atomic E-state index is 0.177. The van der Waals surface area contributed by atoms with Gasteiger partial charge in [-0.05, 0) is 44.2 Å². The van der Waals surface area contributed by atoms with E-state index in [0.717, 1.165) is 51.8 Å². The zero-order valence-corrected chi connectivity index (χ0v) is 11.9. The van der Waals surface area contributed by atoms with Crippen LogP contribution < -0.4 is 5.73 Å². The van der Waals surface area contributed by atoms with E-state index in [1.54, 1.807) is 7.11 Å². The second-order valence-electron chi connectivity index (χ2n) is 5.92. The van der Waals surface area contributed by atoms with Crippen molar-refractivity contribution in [3.05, 3.63) is 0 Å². The van der Waals surface area contributed by atoms with Gasteiger partial charge < -0.3 is 15.2 Å². The van der Waals surface area contributed by atoms with Crippen molar-refractivity contribution in [3.63, 3.8) is 0 Å². The van der Waals surface area contributed by atoms with E-state index in [9.17, 15) is 0 Å². The maximum absolute atomic E-state index is 6.13. The zero-order valence-electron chi connectivity index (χ0n) is 11.9. The van der Waals surface area contributed by atoms with Gasteiger partial charge in [0, 0.05) is 32.4 Å². The average molecular weight is 256 g/mol. The van der Waals surface area contributed by atoms with Crippen LogP contribution in [0.15, 0.2) is 0 Å². The molecule has 2 unspecified atom stereocenters. The number of hydrogen-bond acceptors (Lipinski definition) is 4. The zero-order chi connectivity index (χ0) is 13.0. The molecule has 0 saturated carbocycles. The van der Waals surface area contributed by atoms with Crippen LogP contribution in [-0.2, 0) is 9.47 Å². The van der Waals surface area contributed by atoms with Gasteiger partial charge in [-0.15, -0.1) is 0 Å². The van der Waals surface area contributed by atoms with Crippen molar-refractivity contribution in [2.45, 2.75) is 31.7 Å². The van der Waals surface area contributed by atoms with Gasteiger partial charge in [-0.25, -0.2) is 0 Å². The summed E-state index contributed by atoms with van der Waals surface area (Å²) in [6, 6.07) is 0. The van der Waals surface area contributed by atoms with E-state index in [4.69, 9.17) is 15.2 Å². The minimum Gasteiger partial charge on any atom is -0.384 e. The van der Waals surface area contributed by atoms with Gasteiger partial charge in [-0.2, -0.15) is 0 Å². The molecule has 0 aromatic carbocycles. The molecule has 2 aliphatic heterocycles. The lowest BCUT2D eigenvalue weighted by atomic mass is 9.78. The predicted molar refractivity (Wildman–Crippen MR) is 72.6 cm³/mol. The summed E-state index contributed by atoms with van der Waals surface area (Å²) in [5, 5.41) is 0. The molecule has 2 aliphatic rings. The molecule has 106 valence electrons. The Kier molecular flexibility index (Phi) is 5.01. The smallest absolute Gasteiger partial charge is 0.0509 e. The van der Waals surface area contributed by atoms with Gasteiger partial charge in [0.1, 0.15) is 0 Å². The maximum Gasteiger partial charge on any atom is 0.0509 e. The van der Waals surface area contributed by atoms with Crippen LogP contribution in [0.4, 0.5) is 0 Å². The van der Waals surface area contributed by atoms with Gasteiger partial charge >= 0.3 is 0 Å². The van der Waals surface area contributed by atoms with E-state index < -0.39 is 0 Å². The summed E-state index contributed by atoms with van der Waals surface area (Å²) in [4.78, 5) is 2.63. The largest absolute Gasteiger partial charge is 0.384 e. The van der Waals surface area contributed by atoms with Gasteiger partial charge in [-0.1, -0.05) is 6.92 Å². The van der Waals surface area contributed by atoms with Gasteiger partial charge in [0.2, 0.25) is 0 Å². The van der Waals surface area contributed by atoms with Crippen molar-refractivity contribution in [3.8, 4) is 0 Å². The molecule has 2 N–H and O–H groups in total. The van der Waals surface area contributed by atoms with Crippen molar-refractivity contribution >= 4 is 0 Å². The van der Waals surface area contributed by atoms with Crippen LogP contribution >= 0.6 is 0 Å². The van der Waals surface area contributed by atoms with Crippen molar-refractivity contribution in [2.24, 2.45) is 17.6 Å². The monoisotopic (exact) mass is 256 g/mol. The summed E-state index contributed by atoms with van der Waals surface area (Å²) in [7, 11) is 1.80. The molecule has 0 radical (unpaired) electrons. The molecule has 2 atom stereocenters. The average Bonchev–Trinajstić information content (AvgIpc) is 2.41. The standard InChI is InChI=1S/C14H28N2O2/c1-12-9-18-8-5-14(12,11-15)16-6-3-13(4-7-16)10-17-2/h12-13H,3-11,15H2,1-2H3. The second kappa shape index (κ2) is 6.33. The number of rotatable bonds is 4. The molecule has 0 aliphatic carbocycles. The highest BCUT2D eigenvalue weighted by molar-refractivity contribution is 4.99. The van der Waals surface area contributed by atoms with Crippen LogP contribution in [0.25, 0.3) is 0 Å². The van der Waals surface area contributed by atoms with Crippen LogP contribution in [0.2, 0.25) is 0 Å². The fraction of sp³-hybridized carbons (Fsp3) is 1.00. The molecule has 2 heterocycles. The summed E-state index contributed by atoms with van der Waals surface area (Å²) in [6.07, 6.45) is 3.56. The van der Waals surface area contributed by atoms with Crippen LogP contribution in [0.3, 0.4) is 0 Å². The molecule has 0 aromatic heterocycles. The molecule has 0 aromatic rings. The highest BCUT2D eigenvalue weighted by atomic mass is 16.5. The van der Waals surface area contributed by atoms with Crippen LogP contribution in [0.1, 0.15) is 26.2 Å². The third-order valence-electron chi connectivity index (χ3n) is 4.96. The molecule has 0 amide bonds. The first kappa shape index (κ1) is 14.3. The number of nitrogens with zero attached hydrogens (tertiary/aromatic N) is 1. The number of nitrogens with two attached hydrogens (primary N) is 1. The SMILES string of the molecule is COCC1CCN(C2(CN)CCOCC2C)CC1. The van der Waals surface area contributed by atoms with E-state index in [1.807, 2.05) is 0 Å². The van der Waals surface area contributed by atoms with E-state index in [2.05, 4.69) is 11.8 Å². The lowest BCUT2D eigenvalue weighted by Gasteiger charge is -2.52. The summed E-state index contributed by atoms with van der Waals surface area (Å²) in [6.45, 7) is 7.99. The highest BCUT2D eigenvalue weighted by Gasteiger charge is 2.43. The first-order valence-corrected chi connectivity index (χ1v) is 7.24. The number of methoxy groups -OCH3 is 1. The Hall–Kier alpha value is -0.160. The van der Waals surface area contributed by atoms with Gasteiger partial charge in [0.15, 0.2) is 0 Å². The Morgan fingerprint density at radius 2 is 2.11 bits per heavy atom. The number of piperidine rings is 1. The third-order valence-corrected chi connectivity index (χ3v) is 4.96. The van der Waals surface area contributed by atoms with Gasteiger partial charge in [0.05, 0.1) is 6.61 Å². The molecule has 2 fully saturated rings. The number of likely N-dealkylation sites (tertiary alicyclic amines) is 1. The Bertz CT molecular complexity index is 254. The third kappa shape index (κ3) is 2.72. The lowest BCUT2D eigenvalue weighted by molar-refractivity contribution is -0.0788. The van der Waals surface area contributed by atoms with Crippen molar-refractivity contribution < 1.29 is 9.47 Å². The van der Waals surface area contributed by atoms with Crippen LogP contribution in [0, 0.1) is 11.8 Å². The van der Waals surface area contributed by atoms with Crippen molar-refractivity contribution in [1.29, 1.82) is 0 Å². The molecule has 4 nitrogen and oxygen atoms in total. The Labute approximate surface area is 111 Å². The molecular formula is C14H28N2O2. The molecule has 0 bridgehead atoms. The normalized spacial score (nSPS) is 35.8. The minimum atomic E-state index is 0.177. The van der Waals surface area contributed by atoms with Gasteiger partial charge in [-0.3, -0.25) is 4.90 Å². The number of ether oxygens (including phenoxy) is 2. The lowest BCUT2D eigenvalue weighted by Crippen LogP contribution is -2.63. The summed E-state index contributed by atoms with van der Waals surface area (Å²) in [5.74, 6) is 1.27. The first-order valence-electron chi connectivity index (χ1n) is 7.24. The molecule has 4 heteroatoms. The van der Waals surface area contributed by atoms with Gasteiger partial charge in [0.25, 0.3) is 0 Å². The molecule has 2 saturated heterocycles. The van der Waals surface area contributed by atoms with E-state index >= 15 is 0 Å². The molecular weight excluding hydrogens is 228 g/mol. The maximum atomic E-state index is 6.13. The fourth-order valence-electron chi connectivity index (χ4n) is 3.59. The van der Waals surface area contributed by atoms with Crippen LogP contribution in [0.5, 0.6) is 0 Å².